The molecule has 0 radical (unpaired) electrons. The molecule has 152 valence electrons. The molecule has 0 saturated carbocycles. The Hall–Kier alpha value is -2.81. The maximum absolute atomic E-state index is 12.6. The summed E-state index contributed by atoms with van der Waals surface area (Å²) in [5.41, 5.74) is 0.678. The minimum Gasteiger partial charge on any atom is -0.467 e. The Morgan fingerprint density at radius 2 is 1.89 bits per heavy atom. The standard InChI is InChI=1S/C19H23NO7S/c1-3-25-19(22)10-9-18(21)20(14-17-8-5-11-26-17)13-15-6-4-7-16(12-15)27-28(2,23)24/h4-8,11-12H,3,9-10,13-14H2,1-2H3. The summed E-state index contributed by atoms with van der Waals surface area (Å²) in [7, 11) is -3.65. The van der Waals surface area contributed by atoms with Crippen LogP contribution in [0.2, 0.25) is 0 Å². The molecule has 28 heavy (non-hydrogen) atoms. The van der Waals surface area contributed by atoms with Crippen molar-refractivity contribution in [2.75, 3.05) is 12.9 Å². The Kier molecular flexibility index (Phi) is 7.62. The lowest BCUT2D eigenvalue weighted by molar-refractivity contribution is -0.146. The summed E-state index contributed by atoms with van der Waals surface area (Å²) in [6.45, 7) is 2.37. The minimum absolute atomic E-state index is 0.000921. The highest BCUT2D eigenvalue weighted by molar-refractivity contribution is 7.86. The highest BCUT2D eigenvalue weighted by Gasteiger charge is 2.18. The van der Waals surface area contributed by atoms with Crippen molar-refractivity contribution in [2.45, 2.75) is 32.9 Å². The van der Waals surface area contributed by atoms with E-state index in [2.05, 4.69) is 0 Å². The van der Waals surface area contributed by atoms with Gasteiger partial charge in [0.2, 0.25) is 5.91 Å². The Labute approximate surface area is 164 Å². The summed E-state index contributed by atoms with van der Waals surface area (Å²) >= 11 is 0. The molecule has 0 bridgehead atoms. The van der Waals surface area contributed by atoms with E-state index in [0.29, 0.717) is 11.3 Å². The normalized spacial score (nSPS) is 11.1. The van der Waals surface area contributed by atoms with Crippen LogP contribution in [0, 0.1) is 0 Å². The van der Waals surface area contributed by atoms with Crippen LogP contribution in [-0.2, 0) is 37.5 Å². The van der Waals surface area contributed by atoms with Crippen LogP contribution in [0.25, 0.3) is 0 Å². The van der Waals surface area contributed by atoms with Gasteiger partial charge < -0.3 is 18.2 Å². The van der Waals surface area contributed by atoms with Crippen LogP contribution in [0.5, 0.6) is 5.75 Å². The molecular formula is C19H23NO7S. The summed E-state index contributed by atoms with van der Waals surface area (Å²) in [6, 6.07) is 9.93. The number of rotatable bonds is 10. The number of nitrogens with zero attached hydrogens (tertiary/aromatic N) is 1. The topological polar surface area (TPSA) is 103 Å². The molecule has 1 aromatic carbocycles. The van der Waals surface area contributed by atoms with Gasteiger partial charge in [-0.1, -0.05) is 12.1 Å². The SMILES string of the molecule is CCOC(=O)CCC(=O)N(Cc1cccc(OS(C)(=O)=O)c1)Cc1ccco1. The fourth-order valence-corrected chi connectivity index (χ4v) is 2.97. The summed E-state index contributed by atoms with van der Waals surface area (Å²) < 4.78 is 37.7. The van der Waals surface area contributed by atoms with Crippen LogP contribution in [0.3, 0.4) is 0 Å². The van der Waals surface area contributed by atoms with E-state index in [4.69, 9.17) is 13.3 Å². The smallest absolute Gasteiger partial charge is 0.306 e. The molecule has 0 unspecified atom stereocenters. The molecule has 1 aromatic heterocycles. The number of furan rings is 1. The van der Waals surface area contributed by atoms with E-state index in [-0.39, 0.29) is 44.2 Å². The first-order valence-corrected chi connectivity index (χ1v) is 10.5. The van der Waals surface area contributed by atoms with Crippen LogP contribution >= 0.6 is 0 Å². The second kappa shape index (κ2) is 9.93. The lowest BCUT2D eigenvalue weighted by Gasteiger charge is -2.22. The third kappa shape index (κ3) is 7.43. The van der Waals surface area contributed by atoms with E-state index < -0.39 is 16.1 Å². The van der Waals surface area contributed by atoms with Crippen molar-refractivity contribution < 1.29 is 31.3 Å². The highest BCUT2D eigenvalue weighted by Crippen LogP contribution is 2.18. The second-order valence-corrected chi connectivity index (χ2v) is 7.64. The maximum Gasteiger partial charge on any atom is 0.306 e. The summed E-state index contributed by atoms with van der Waals surface area (Å²) in [5.74, 6) is 0.0705. The summed E-state index contributed by atoms with van der Waals surface area (Å²) in [5, 5.41) is 0. The Bertz CT molecular complexity index is 891. The number of amides is 1. The molecular weight excluding hydrogens is 386 g/mol. The Morgan fingerprint density at radius 3 is 2.54 bits per heavy atom. The molecule has 0 N–H and O–H groups in total. The first-order valence-electron chi connectivity index (χ1n) is 8.71. The molecule has 1 amide bonds. The predicted molar refractivity (Wildman–Crippen MR) is 101 cm³/mol. The zero-order valence-corrected chi connectivity index (χ0v) is 16.6. The largest absolute Gasteiger partial charge is 0.467 e. The van der Waals surface area contributed by atoms with Crippen molar-refractivity contribution in [1.29, 1.82) is 0 Å². The van der Waals surface area contributed by atoms with Gasteiger partial charge in [0.15, 0.2) is 0 Å². The van der Waals surface area contributed by atoms with Crippen molar-refractivity contribution in [2.24, 2.45) is 0 Å². The lowest BCUT2D eigenvalue weighted by atomic mass is 10.1. The van der Waals surface area contributed by atoms with E-state index in [0.717, 1.165) is 6.26 Å². The second-order valence-electron chi connectivity index (χ2n) is 6.07. The van der Waals surface area contributed by atoms with Crippen LogP contribution in [-0.4, -0.2) is 38.1 Å². The lowest BCUT2D eigenvalue weighted by Crippen LogP contribution is -2.30. The van der Waals surface area contributed by atoms with Crippen LogP contribution < -0.4 is 4.18 Å². The molecule has 1 heterocycles. The predicted octanol–water partition coefficient (Wildman–Crippen LogP) is 2.49. The number of ether oxygens (including phenoxy) is 1. The van der Waals surface area contributed by atoms with Gasteiger partial charge in [-0.2, -0.15) is 8.42 Å². The fraction of sp³-hybridized carbons (Fsp3) is 0.368. The van der Waals surface area contributed by atoms with Crippen LogP contribution in [0.15, 0.2) is 47.1 Å². The monoisotopic (exact) mass is 409 g/mol. The van der Waals surface area contributed by atoms with E-state index in [1.807, 2.05) is 0 Å². The van der Waals surface area contributed by atoms with E-state index in [1.54, 1.807) is 37.3 Å². The highest BCUT2D eigenvalue weighted by atomic mass is 32.2. The Balaban J connectivity index is 2.12. The average Bonchev–Trinajstić information content (AvgIpc) is 3.11. The summed E-state index contributed by atoms with van der Waals surface area (Å²) in [6.07, 6.45) is 2.45. The molecule has 9 heteroatoms. The Morgan fingerprint density at radius 1 is 1.11 bits per heavy atom. The number of carbonyl (C=O) groups is 2. The van der Waals surface area contributed by atoms with E-state index in [1.165, 1.54) is 17.2 Å². The van der Waals surface area contributed by atoms with Gasteiger partial charge in [0, 0.05) is 13.0 Å². The molecule has 0 fully saturated rings. The molecule has 0 aliphatic rings. The molecule has 2 aromatic rings. The van der Waals surface area contributed by atoms with Crippen molar-refractivity contribution >= 4 is 22.0 Å². The number of hydrogen-bond acceptors (Lipinski definition) is 7. The first kappa shape index (κ1) is 21.5. The quantitative estimate of drug-likeness (QED) is 0.439. The third-order valence-corrected chi connectivity index (χ3v) is 4.14. The van der Waals surface area contributed by atoms with Crippen molar-refractivity contribution in [1.82, 2.24) is 4.90 Å². The number of esters is 1. The summed E-state index contributed by atoms with van der Waals surface area (Å²) in [4.78, 5) is 25.7. The van der Waals surface area contributed by atoms with Crippen LogP contribution in [0.1, 0.15) is 31.1 Å². The number of benzene rings is 1. The number of hydrogen-bond donors (Lipinski definition) is 0. The van der Waals surface area contributed by atoms with E-state index in [9.17, 15) is 18.0 Å². The van der Waals surface area contributed by atoms with Crippen molar-refractivity contribution in [3.8, 4) is 5.75 Å². The van der Waals surface area contributed by atoms with Gasteiger partial charge in [-0.25, -0.2) is 0 Å². The van der Waals surface area contributed by atoms with Crippen LogP contribution in [0.4, 0.5) is 0 Å². The van der Waals surface area contributed by atoms with Gasteiger partial charge in [0.05, 0.1) is 32.1 Å². The molecule has 0 aliphatic heterocycles. The van der Waals surface area contributed by atoms with Gasteiger partial charge in [-0.05, 0) is 36.8 Å². The molecule has 8 nitrogen and oxygen atoms in total. The van der Waals surface area contributed by atoms with Gasteiger partial charge in [0.1, 0.15) is 11.5 Å². The molecule has 0 atom stereocenters. The first-order chi connectivity index (χ1) is 13.3. The van der Waals surface area contributed by atoms with Gasteiger partial charge >= 0.3 is 16.1 Å². The van der Waals surface area contributed by atoms with Gasteiger partial charge in [-0.15, -0.1) is 0 Å². The van der Waals surface area contributed by atoms with Crippen molar-refractivity contribution in [3.05, 3.63) is 54.0 Å². The third-order valence-electron chi connectivity index (χ3n) is 3.65. The average molecular weight is 409 g/mol. The molecule has 2 rings (SSSR count). The minimum atomic E-state index is -3.65. The van der Waals surface area contributed by atoms with Gasteiger partial charge in [0.25, 0.3) is 0 Å². The molecule has 0 spiro atoms. The zero-order chi connectivity index (χ0) is 20.6. The number of carbonyl (C=O) groups excluding carboxylic acids is 2. The fourth-order valence-electron chi connectivity index (χ4n) is 2.51. The van der Waals surface area contributed by atoms with Crippen molar-refractivity contribution in [3.63, 3.8) is 0 Å². The zero-order valence-electron chi connectivity index (χ0n) is 15.8. The molecule has 0 saturated heterocycles. The molecule has 0 aliphatic carbocycles. The van der Waals surface area contributed by atoms with Gasteiger partial charge in [-0.3, -0.25) is 9.59 Å². The van der Waals surface area contributed by atoms with E-state index >= 15 is 0 Å². The maximum atomic E-state index is 12.6.